The summed E-state index contributed by atoms with van der Waals surface area (Å²) in [5.74, 6) is -0.499. The van der Waals surface area contributed by atoms with Crippen LogP contribution < -0.4 is 9.47 Å². The molecule has 10 heteroatoms. The molecule has 9 nitrogen and oxygen atoms in total. The van der Waals surface area contributed by atoms with Crippen LogP contribution in [0.3, 0.4) is 0 Å². The normalized spacial score (nSPS) is 23.3. The van der Waals surface area contributed by atoms with Gasteiger partial charge in [0.25, 0.3) is 0 Å². The number of hydrogen-bond donors (Lipinski definition) is 2. The fourth-order valence-corrected chi connectivity index (χ4v) is 10.6. The van der Waals surface area contributed by atoms with E-state index in [9.17, 15) is 19.4 Å². The lowest BCUT2D eigenvalue weighted by Crippen LogP contribution is -2.70. The summed E-state index contributed by atoms with van der Waals surface area (Å²) in [6, 6.07) is 39.9. The number of oxime groups is 1. The van der Waals surface area contributed by atoms with Crippen LogP contribution in [-0.2, 0) is 27.5 Å². The molecular weight excluding hydrogens is 844 g/mol. The number of fused-ring (bicyclic) bond motifs is 2. The monoisotopic (exact) mass is 904 g/mol. The highest BCUT2D eigenvalue weighted by molar-refractivity contribution is 6.03. The first kappa shape index (κ1) is 46.1. The van der Waals surface area contributed by atoms with E-state index >= 15 is 0 Å². The number of carbonyl (C=O) groups excluding carboxylic acids is 1. The minimum absolute atomic E-state index is 0.00181. The molecule has 1 amide bonds. The molecule has 6 atom stereocenters. The Balaban J connectivity index is 1.20. The van der Waals surface area contributed by atoms with E-state index in [1.807, 2.05) is 77.7 Å². The molecule has 9 rings (SSSR count). The highest BCUT2D eigenvalue weighted by atomic mass is 19.1. The number of carbonyl (C=O) groups is 1. The van der Waals surface area contributed by atoms with Gasteiger partial charge in [0.2, 0.25) is 11.7 Å². The zero-order valence-electron chi connectivity index (χ0n) is 38.1. The molecule has 2 fully saturated rings. The van der Waals surface area contributed by atoms with Gasteiger partial charge >= 0.3 is 0 Å². The topological polar surface area (TPSA) is 110 Å². The lowest BCUT2D eigenvalue weighted by atomic mass is 9.55. The number of aliphatic hydroxyl groups excluding tert-OH is 2. The van der Waals surface area contributed by atoms with Gasteiger partial charge in [-0.15, -0.1) is 6.58 Å². The molecule has 3 aliphatic carbocycles. The van der Waals surface area contributed by atoms with Crippen molar-refractivity contribution < 1.29 is 38.4 Å². The first-order valence-electron chi connectivity index (χ1n) is 24.0. The van der Waals surface area contributed by atoms with Crippen molar-refractivity contribution in [1.29, 1.82) is 0 Å². The third-order valence-electron chi connectivity index (χ3n) is 13.9. The summed E-state index contributed by atoms with van der Waals surface area (Å²) in [7, 11) is 0. The number of aliphatic hydroxyl groups is 2. The Kier molecular flexibility index (Phi) is 14.6. The summed E-state index contributed by atoms with van der Waals surface area (Å²) >= 11 is 0. The quantitative estimate of drug-likeness (QED) is 0.0429. The van der Waals surface area contributed by atoms with Gasteiger partial charge in [-0.3, -0.25) is 4.79 Å². The van der Waals surface area contributed by atoms with Gasteiger partial charge in [-0.2, -0.15) is 0 Å². The Morgan fingerprint density at radius 3 is 2.21 bits per heavy atom. The number of amides is 1. The van der Waals surface area contributed by atoms with Gasteiger partial charge in [0.1, 0.15) is 35.7 Å². The molecule has 0 spiro atoms. The smallest absolute Gasteiger partial charge is 0.239 e. The van der Waals surface area contributed by atoms with Gasteiger partial charge < -0.3 is 34.2 Å². The Hall–Kier alpha value is -6.07. The van der Waals surface area contributed by atoms with E-state index in [0.29, 0.717) is 30.1 Å². The molecular formula is C57H61FN2O7. The van der Waals surface area contributed by atoms with E-state index in [0.717, 1.165) is 77.6 Å². The second-order valence-electron chi connectivity index (χ2n) is 18.4. The van der Waals surface area contributed by atoms with Gasteiger partial charge in [-0.1, -0.05) is 115 Å². The molecule has 67 heavy (non-hydrogen) atoms. The van der Waals surface area contributed by atoms with Gasteiger partial charge in [0.05, 0.1) is 18.2 Å². The molecule has 0 saturated heterocycles. The molecule has 2 saturated carbocycles. The first-order chi connectivity index (χ1) is 32.9. The van der Waals surface area contributed by atoms with Crippen molar-refractivity contribution in [2.75, 3.05) is 19.8 Å². The predicted molar refractivity (Wildman–Crippen MR) is 258 cm³/mol. The summed E-state index contributed by atoms with van der Waals surface area (Å²) in [6.45, 7) is 4.88. The fourth-order valence-electron chi connectivity index (χ4n) is 10.6. The number of allylic oxidation sites excluding steroid dienone is 1. The second kappa shape index (κ2) is 21.3. The molecule has 0 bridgehead atoms. The summed E-state index contributed by atoms with van der Waals surface area (Å²) in [6.07, 6.45) is 10.5. The lowest BCUT2D eigenvalue weighted by molar-refractivity contribution is -0.258. The van der Waals surface area contributed by atoms with E-state index in [1.54, 1.807) is 18.2 Å². The molecule has 1 heterocycles. The van der Waals surface area contributed by atoms with Crippen LogP contribution in [0.15, 0.2) is 157 Å². The zero-order chi connectivity index (χ0) is 46.2. The van der Waals surface area contributed by atoms with Crippen molar-refractivity contribution in [3.63, 3.8) is 0 Å². The van der Waals surface area contributed by atoms with Crippen LogP contribution in [0.5, 0.6) is 17.2 Å². The van der Waals surface area contributed by atoms with Crippen molar-refractivity contribution in [1.82, 2.24) is 4.90 Å². The maximum atomic E-state index is 14.9. The van der Waals surface area contributed by atoms with Crippen LogP contribution >= 0.6 is 0 Å². The summed E-state index contributed by atoms with van der Waals surface area (Å²) < 4.78 is 35.7. The molecule has 5 aromatic carbocycles. The lowest BCUT2D eigenvalue weighted by Gasteiger charge is -2.60. The second-order valence-corrected chi connectivity index (χ2v) is 18.4. The number of hydrogen-bond acceptors (Lipinski definition) is 8. The molecule has 348 valence electrons. The number of nitrogens with zero attached hydrogens (tertiary/aromatic N) is 2. The summed E-state index contributed by atoms with van der Waals surface area (Å²) in [4.78, 5) is 23.1. The maximum absolute atomic E-state index is 14.9. The van der Waals surface area contributed by atoms with Gasteiger partial charge in [0, 0.05) is 43.6 Å². The minimum atomic E-state index is -1.42. The average molecular weight is 905 g/mol. The van der Waals surface area contributed by atoms with Crippen LogP contribution in [0.1, 0.15) is 80.4 Å². The Bertz CT molecular complexity index is 2510. The van der Waals surface area contributed by atoms with E-state index in [-0.39, 0.29) is 74.8 Å². The highest BCUT2D eigenvalue weighted by Gasteiger charge is 2.66. The molecule has 0 aromatic heterocycles. The molecule has 1 aliphatic heterocycles. The van der Waals surface area contributed by atoms with E-state index in [2.05, 4.69) is 43.0 Å². The van der Waals surface area contributed by atoms with Crippen molar-refractivity contribution in [3.8, 4) is 28.4 Å². The van der Waals surface area contributed by atoms with Crippen molar-refractivity contribution in [3.05, 3.63) is 174 Å². The number of benzene rings is 5. The van der Waals surface area contributed by atoms with Gasteiger partial charge in [0.15, 0.2) is 0 Å². The molecule has 0 unspecified atom stereocenters. The van der Waals surface area contributed by atoms with Crippen LogP contribution in [0.25, 0.3) is 11.1 Å². The average Bonchev–Trinajstić information content (AvgIpc) is 4.22. The molecule has 2 N–H and O–H groups in total. The standard InChI is InChI=1S/C57H61FN2O7/c1-2-33-64-57-53(60(56(63)43-21-22-43)37-39-19-25-45(58)26-20-39)36-51(59-65-38-40-13-5-3-6-14-40)49-34-44(17-9-11-31-61)48(18-10-12-32-62)54(55(49)57)50-35-47(29-30-52(50)67-57)66-46-27-23-42(24-28-46)41-15-7-4-8-16-41/h2-8,13-16,19-20,23-30,34-35,43-44,48,53-55,61-62H,1,9-12,17-18,21-22,31-33,36-38H2/t44-,48+,53-,54+,55+,57+/m0/s1. The number of halogens is 1. The predicted octanol–water partition coefficient (Wildman–Crippen LogP) is 11.6. The number of rotatable bonds is 21. The van der Waals surface area contributed by atoms with E-state index in [4.69, 9.17) is 24.2 Å². The molecule has 0 radical (unpaired) electrons. The van der Waals surface area contributed by atoms with Gasteiger partial charge in [-0.25, -0.2) is 4.39 Å². The number of ether oxygens (including phenoxy) is 3. The third-order valence-corrected chi connectivity index (χ3v) is 13.9. The number of unbranched alkanes of at least 4 members (excludes halogenated alkanes) is 2. The van der Waals surface area contributed by atoms with Crippen LogP contribution in [-0.4, -0.2) is 58.4 Å². The Morgan fingerprint density at radius 2 is 1.51 bits per heavy atom. The minimum Gasteiger partial charge on any atom is -0.459 e. The van der Waals surface area contributed by atoms with Crippen LogP contribution in [0, 0.1) is 29.5 Å². The van der Waals surface area contributed by atoms with Crippen molar-refractivity contribution >= 4 is 11.6 Å². The highest BCUT2D eigenvalue weighted by Crippen LogP contribution is 2.62. The Labute approximate surface area is 393 Å². The zero-order valence-corrected chi connectivity index (χ0v) is 38.1. The SMILES string of the molecule is C=CCO[C@@]12Oc3ccc(Oc4ccc(-c5ccccc5)cc4)cc3[C@H]3[C@H](CCCCO)[C@@H](CCCCO)C=C(C(=NOCc4ccccc4)C[C@@H]1N(Cc1ccc(F)cc1)C(=O)C1CC1)[C@H]32. The van der Waals surface area contributed by atoms with Crippen LogP contribution in [0.4, 0.5) is 4.39 Å². The third kappa shape index (κ3) is 10.3. The summed E-state index contributed by atoms with van der Waals surface area (Å²) in [5.41, 5.74) is 6.63. The molecule has 5 aromatic rings. The van der Waals surface area contributed by atoms with Crippen molar-refractivity contribution in [2.24, 2.45) is 28.8 Å². The van der Waals surface area contributed by atoms with Gasteiger partial charge in [-0.05, 0) is 121 Å². The first-order valence-corrected chi connectivity index (χ1v) is 24.0. The van der Waals surface area contributed by atoms with E-state index < -0.39 is 17.7 Å². The van der Waals surface area contributed by atoms with E-state index in [1.165, 1.54) is 12.1 Å². The molecule has 4 aliphatic rings. The van der Waals surface area contributed by atoms with Crippen LogP contribution in [0.2, 0.25) is 0 Å². The fraction of sp³-hybridized carbons (Fsp3) is 0.368. The largest absolute Gasteiger partial charge is 0.459 e. The Morgan fingerprint density at radius 1 is 0.821 bits per heavy atom. The maximum Gasteiger partial charge on any atom is 0.239 e. The van der Waals surface area contributed by atoms with Crippen molar-refractivity contribution in [2.45, 2.75) is 88.7 Å². The summed E-state index contributed by atoms with van der Waals surface area (Å²) in [5, 5.41) is 25.1.